The zero-order valence-electron chi connectivity index (χ0n) is 12.1. The summed E-state index contributed by atoms with van der Waals surface area (Å²) in [4.78, 5) is 16.3. The third-order valence-corrected chi connectivity index (χ3v) is 3.38. The summed E-state index contributed by atoms with van der Waals surface area (Å²) in [6.07, 6.45) is -0.810. The van der Waals surface area contributed by atoms with Crippen molar-refractivity contribution in [2.45, 2.75) is 39.0 Å². The first-order valence-corrected chi connectivity index (χ1v) is 6.59. The van der Waals surface area contributed by atoms with Crippen LogP contribution >= 0.6 is 0 Å². The van der Waals surface area contributed by atoms with Crippen molar-refractivity contribution in [3.8, 4) is 0 Å². The Kier molecular flexibility index (Phi) is 5.56. The summed E-state index contributed by atoms with van der Waals surface area (Å²) in [6, 6.07) is -0.113. The fourth-order valence-electron chi connectivity index (χ4n) is 2.46. The largest absolute Gasteiger partial charge is 0.391 e. The molecule has 0 radical (unpaired) electrons. The molecule has 0 aliphatic carbocycles. The van der Waals surface area contributed by atoms with E-state index in [9.17, 15) is 9.90 Å². The number of amides is 1. The molecule has 0 bridgehead atoms. The molecule has 1 N–H and O–H groups in total. The Balaban J connectivity index is 2.70. The molecule has 5 nitrogen and oxygen atoms in total. The molecule has 0 aromatic heterocycles. The van der Waals surface area contributed by atoms with E-state index >= 15 is 0 Å². The van der Waals surface area contributed by atoms with Gasteiger partial charge in [-0.2, -0.15) is 0 Å². The molecule has 1 rings (SSSR count). The van der Waals surface area contributed by atoms with E-state index in [2.05, 4.69) is 13.8 Å². The Labute approximate surface area is 110 Å². The molecular weight excluding hydrogens is 232 g/mol. The first-order chi connectivity index (χ1) is 8.34. The van der Waals surface area contributed by atoms with Gasteiger partial charge < -0.3 is 14.7 Å². The van der Waals surface area contributed by atoms with Crippen LogP contribution < -0.4 is 0 Å². The van der Waals surface area contributed by atoms with Gasteiger partial charge in [0.15, 0.2) is 0 Å². The van der Waals surface area contributed by atoms with E-state index in [0.717, 1.165) is 0 Å². The van der Waals surface area contributed by atoms with Crippen LogP contribution in [0.15, 0.2) is 0 Å². The number of hydrogen-bond acceptors (Lipinski definition) is 4. The SMILES string of the molecule is CC(O)C1CN(C(=O)[C@H](C(C)C)N(C)C)CCO1. The first-order valence-electron chi connectivity index (χ1n) is 6.59. The lowest BCUT2D eigenvalue weighted by molar-refractivity contribution is -0.149. The number of rotatable bonds is 4. The molecule has 1 aliphatic rings. The third kappa shape index (κ3) is 3.67. The Hall–Kier alpha value is -0.650. The van der Waals surface area contributed by atoms with Gasteiger partial charge in [-0.05, 0) is 26.9 Å². The molecule has 1 saturated heterocycles. The van der Waals surface area contributed by atoms with E-state index in [1.807, 2.05) is 23.9 Å². The minimum Gasteiger partial charge on any atom is -0.391 e. The van der Waals surface area contributed by atoms with Crippen LogP contribution in [0.1, 0.15) is 20.8 Å². The number of nitrogens with zero attached hydrogens (tertiary/aromatic N) is 2. The average molecular weight is 258 g/mol. The highest BCUT2D eigenvalue weighted by molar-refractivity contribution is 5.82. The number of carbonyl (C=O) groups is 1. The first kappa shape index (κ1) is 15.4. The number of hydrogen-bond donors (Lipinski definition) is 1. The van der Waals surface area contributed by atoms with Crippen molar-refractivity contribution in [2.75, 3.05) is 33.8 Å². The van der Waals surface area contributed by atoms with Gasteiger partial charge in [0.25, 0.3) is 0 Å². The molecule has 0 aromatic carbocycles. The van der Waals surface area contributed by atoms with Gasteiger partial charge >= 0.3 is 0 Å². The predicted octanol–water partition coefficient (Wildman–Crippen LogP) is 0.181. The quantitative estimate of drug-likeness (QED) is 0.781. The number of aliphatic hydroxyl groups is 1. The molecule has 1 amide bonds. The van der Waals surface area contributed by atoms with Gasteiger partial charge in [-0.3, -0.25) is 9.69 Å². The van der Waals surface area contributed by atoms with E-state index in [0.29, 0.717) is 19.7 Å². The normalized spacial score (nSPS) is 24.4. The van der Waals surface area contributed by atoms with E-state index < -0.39 is 6.10 Å². The maximum Gasteiger partial charge on any atom is 0.240 e. The van der Waals surface area contributed by atoms with Crippen LogP contribution in [0, 0.1) is 5.92 Å². The second-order valence-electron chi connectivity index (χ2n) is 5.59. The molecule has 0 saturated carbocycles. The van der Waals surface area contributed by atoms with Crippen LogP contribution in [-0.4, -0.2) is 72.9 Å². The Bertz CT molecular complexity index is 271. The molecule has 1 aliphatic heterocycles. The Morgan fingerprint density at radius 1 is 1.39 bits per heavy atom. The number of ether oxygens (including phenoxy) is 1. The highest BCUT2D eigenvalue weighted by Crippen LogP contribution is 2.15. The molecule has 1 fully saturated rings. The topological polar surface area (TPSA) is 53.0 Å². The molecule has 2 unspecified atom stereocenters. The molecular formula is C13H26N2O3. The second kappa shape index (κ2) is 6.50. The lowest BCUT2D eigenvalue weighted by atomic mass is 10.0. The maximum atomic E-state index is 12.5. The van der Waals surface area contributed by atoms with Gasteiger partial charge in [-0.15, -0.1) is 0 Å². The highest BCUT2D eigenvalue weighted by atomic mass is 16.5. The van der Waals surface area contributed by atoms with Gasteiger partial charge in [0.1, 0.15) is 6.10 Å². The Morgan fingerprint density at radius 3 is 2.44 bits per heavy atom. The monoisotopic (exact) mass is 258 g/mol. The average Bonchev–Trinajstić information content (AvgIpc) is 2.28. The molecule has 0 aromatic rings. The van der Waals surface area contributed by atoms with Crippen molar-refractivity contribution in [2.24, 2.45) is 5.92 Å². The van der Waals surface area contributed by atoms with Gasteiger partial charge in [0.2, 0.25) is 5.91 Å². The van der Waals surface area contributed by atoms with Crippen molar-refractivity contribution in [1.82, 2.24) is 9.80 Å². The van der Waals surface area contributed by atoms with Crippen molar-refractivity contribution in [1.29, 1.82) is 0 Å². The second-order valence-corrected chi connectivity index (χ2v) is 5.59. The molecule has 18 heavy (non-hydrogen) atoms. The lowest BCUT2D eigenvalue weighted by Crippen LogP contribution is -2.55. The summed E-state index contributed by atoms with van der Waals surface area (Å²) in [6.45, 7) is 7.39. The number of carbonyl (C=O) groups excluding carboxylic acids is 1. The maximum absolute atomic E-state index is 12.5. The van der Waals surface area contributed by atoms with Gasteiger partial charge in [-0.1, -0.05) is 13.8 Å². The summed E-state index contributed by atoms with van der Waals surface area (Å²) in [5, 5.41) is 9.56. The fourth-order valence-corrected chi connectivity index (χ4v) is 2.46. The van der Waals surface area contributed by atoms with E-state index in [1.54, 1.807) is 6.92 Å². The Morgan fingerprint density at radius 2 is 2.00 bits per heavy atom. The van der Waals surface area contributed by atoms with E-state index in [-0.39, 0.29) is 24.0 Å². The fraction of sp³-hybridized carbons (Fsp3) is 0.923. The van der Waals surface area contributed by atoms with Crippen LogP contribution in [0.5, 0.6) is 0 Å². The van der Waals surface area contributed by atoms with Crippen molar-refractivity contribution in [3.05, 3.63) is 0 Å². The zero-order valence-corrected chi connectivity index (χ0v) is 12.1. The standard InChI is InChI=1S/C13H26N2O3/c1-9(2)12(14(4)5)13(17)15-6-7-18-11(8-15)10(3)16/h9-12,16H,6-8H2,1-5H3/t10?,11?,12-/m0/s1. The summed E-state index contributed by atoms with van der Waals surface area (Å²) >= 11 is 0. The zero-order chi connectivity index (χ0) is 13.9. The van der Waals surface area contributed by atoms with Crippen molar-refractivity contribution >= 4 is 5.91 Å². The van der Waals surface area contributed by atoms with Gasteiger partial charge in [-0.25, -0.2) is 0 Å². The lowest BCUT2D eigenvalue weighted by Gasteiger charge is -2.38. The van der Waals surface area contributed by atoms with Crippen LogP contribution in [0.4, 0.5) is 0 Å². The van der Waals surface area contributed by atoms with Crippen LogP contribution in [0.25, 0.3) is 0 Å². The summed E-state index contributed by atoms with van der Waals surface area (Å²) < 4.78 is 5.46. The summed E-state index contributed by atoms with van der Waals surface area (Å²) in [5.41, 5.74) is 0. The molecule has 0 spiro atoms. The van der Waals surface area contributed by atoms with Crippen LogP contribution in [-0.2, 0) is 9.53 Å². The van der Waals surface area contributed by atoms with E-state index in [4.69, 9.17) is 4.74 Å². The molecule has 1 heterocycles. The number of likely N-dealkylation sites (N-methyl/N-ethyl adjacent to an activating group) is 1. The van der Waals surface area contributed by atoms with Crippen molar-refractivity contribution in [3.63, 3.8) is 0 Å². The summed E-state index contributed by atoms with van der Waals surface area (Å²) in [5.74, 6) is 0.393. The molecule has 5 heteroatoms. The number of morpholine rings is 1. The van der Waals surface area contributed by atoms with Crippen molar-refractivity contribution < 1.29 is 14.6 Å². The van der Waals surface area contributed by atoms with Gasteiger partial charge in [0.05, 0.1) is 18.8 Å². The van der Waals surface area contributed by atoms with Crippen LogP contribution in [0.3, 0.4) is 0 Å². The molecule has 3 atom stereocenters. The summed E-state index contributed by atoms with van der Waals surface area (Å²) in [7, 11) is 3.85. The van der Waals surface area contributed by atoms with E-state index in [1.165, 1.54) is 0 Å². The minimum atomic E-state index is -0.544. The smallest absolute Gasteiger partial charge is 0.240 e. The highest BCUT2D eigenvalue weighted by Gasteiger charge is 2.33. The predicted molar refractivity (Wildman–Crippen MR) is 70.3 cm³/mol. The minimum absolute atomic E-state index is 0.113. The van der Waals surface area contributed by atoms with Crippen LogP contribution in [0.2, 0.25) is 0 Å². The molecule has 106 valence electrons. The number of aliphatic hydroxyl groups excluding tert-OH is 1. The van der Waals surface area contributed by atoms with Gasteiger partial charge in [0, 0.05) is 13.1 Å². The third-order valence-electron chi connectivity index (χ3n) is 3.38.